The molecule has 0 bridgehead atoms. The number of anilines is 1. The van der Waals surface area contributed by atoms with Crippen molar-refractivity contribution in [2.24, 2.45) is 0 Å². The van der Waals surface area contributed by atoms with E-state index in [1.54, 1.807) is 41.4 Å². The first-order valence-electron chi connectivity index (χ1n) is 6.69. The van der Waals surface area contributed by atoms with E-state index in [2.05, 4.69) is 15.3 Å². The molecule has 22 heavy (non-hydrogen) atoms. The fraction of sp³-hybridized carbons (Fsp3) is 0.267. The highest BCUT2D eigenvalue weighted by Crippen LogP contribution is 2.15. The minimum absolute atomic E-state index is 0.0622. The topological polar surface area (TPSA) is 67.4 Å². The predicted molar refractivity (Wildman–Crippen MR) is 85.2 cm³/mol. The Kier molecular flexibility index (Phi) is 5.55. The monoisotopic (exact) mass is 320 g/mol. The Hall–Kier alpha value is -2.34. The van der Waals surface area contributed by atoms with Crippen LogP contribution in [-0.2, 0) is 11.3 Å². The second-order valence-electron chi connectivity index (χ2n) is 4.76. The second kappa shape index (κ2) is 7.61. The molecule has 1 amide bonds. The first-order chi connectivity index (χ1) is 10.5. The number of ether oxygens (including phenoxy) is 1. The highest BCUT2D eigenvalue weighted by atomic mass is 35.5. The third-order valence-corrected chi connectivity index (χ3v) is 3.00. The molecule has 1 heterocycles. The van der Waals surface area contributed by atoms with Crippen LogP contribution in [0.2, 0.25) is 5.02 Å². The summed E-state index contributed by atoms with van der Waals surface area (Å²) in [6, 6.07) is 8.59. The Morgan fingerprint density at radius 2 is 2.00 bits per heavy atom. The fourth-order valence-corrected chi connectivity index (χ4v) is 1.74. The van der Waals surface area contributed by atoms with Crippen LogP contribution in [0.25, 0.3) is 0 Å². The molecule has 2 rings (SSSR count). The van der Waals surface area contributed by atoms with Crippen LogP contribution < -0.4 is 15.0 Å². The van der Waals surface area contributed by atoms with Crippen molar-refractivity contribution in [3.8, 4) is 5.75 Å². The van der Waals surface area contributed by atoms with Crippen molar-refractivity contribution in [3.05, 3.63) is 47.2 Å². The minimum Gasteiger partial charge on any atom is -0.484 e. The summed E-state index contributed by atoms with van der Waals surface area (Å²) in [6.45, 7) is 0.263. The highest BCUT2D eigenvalue weighted by molar-refractivity contribution is 6.30. The molecular weight excluding hydrogens is 304 g/mol. The van der Waals surface area contributed by atoms with Gasteiger partial charge in [-0.2, -0.15) is 0 Å². The lowest BCUT2D eigenvalue weighted by Gasteiger charge is -2.11. The van der Waals surface area contributed by atoms with E-state index >= 15 is 0 Å². The zero-order chi connectivity index (χ0) is 15.9. The molecule has 1 aromatic heterocycles. The average molecular weight is 321 g/mol. The maximum atomic E-state index is 11.8. The number of carbonyl (C=O) groups excluding carboxylic acids is 1. The van der Waals surface area contributed by atoms with E-state index < -0.39 is 0 Å². The lowest BCUT2D eigenvalue weighted by atomic mass is 10.3. The molecule has 0 aliphatic carbocycles. The summed E-state index contributed by atoms with van der Waals surface area (Å²) >= 11 is 5.78. The van der Waals surface area contributed by atoms with Gasteiger partial charge in [0.25, 0.3) is 5.91 Å². The number of benzene rings is 1. The van der Waals surface area contributed by atoms with Crippen molar-refractivity contribution in [3.63, 3.8) is 0 Å². The number of nitrogens with zero attached hydrogens (tertiary/aromatic N) is 3. The van der Waals surface area contributed by atoms with Crippen LogP contribution in [0.15, 0.2) is 36.5 Å². The number of nitrogens with one attached hydrogen (secondary N) is 1. The van der Waals surface area contributed by atoms with Gasteiger partial charge in [-0.25, -0.2) is 9.97 Å². The second-order valence-corrected chi connectivity index (χ2v) is 5.20. The number of hydrogen-bond donors (Lipinski definition) is 1. The molecule has 0 saturated carbocycles. The first kappa shape index (κ1) is 16.0. The Morgan fingerprint density at radius 3 is 2.68 bits per heavy atom. The van der Waals surface area contributed by atoms with Gasteiger partial charge in [0, 0.05) is 25.3 Å². The molecule has 6 nitrogen and oxygen atoms in total. The van der Waals surface area contributed by atoms with E-state index in [0.29, 0.717) is 23.3 Å². The molecule has 116 valence electrons. The lowest BCUT2D eigenvalue weighted by Crippen LogP contribution is -2.29. The first-order valence-corrected chi connectivity index (χ1v) is 7.06. The zero-order valence-corrected chi connectivity index (χ0v) is 13.2. The van der Waals surface area contributed by atoms with Gasteiger partial charge in [0.2, 0.25) is 5.95 Å². The van der Waals surface area contributed by atoms with Crippen LogP contribution in [0.5, 0.6) is 5.75 Å². The molecule has 0 saturated heterocycles. The SMILES string of the molecule is CN(C)c1nccc(CNC(=O)COc2ccc(Cl)cc2)n1. The summed E-state index contributed by atoms with van der Waals surface area (Å²) in [7, 11) is 3.72. The van der Waals surface area contributed by atoms with Gasteiger partial charge >= 0.3 is 0 Å². The number of carbonyl (C=O) groups is 1. The van der Waals surface area contributed by atoms with Crippen LogP contribution in [0.1, 0.15) is 5.69 Å². The predicted octanol–water partition coefficient (Wildman–Crippen LogP) is 1.89. The summed E-state index contributed by atoms with van der Waals surface area (Å²) in [5.41, 5.74) is 0.735. The van der Waals surface area contributed by atoms with E-state index in [4.69, 9.17) is 16.3 Å². The molecule has 7 heteroatoms. The molecule has 0 atom stereocenters. The minimum atomic E-state index is -0.222. The van der Waals surface area contributed by atoms with Crippen molar-refractivity contribution in [1.82, 2.24) is 15.3 Å². The standard InChI is InChI=1S/C15H17ClN4O2/c1-20(2)15-17-8-7-12(19-15)9-18-14(21)10-22-13-5-3-11(16)4-6-13/h3-8H,9-10H2,1-2H3,(H,18,21). The van der Waals surface area contributed by atoms with E-state index in [9.17, 15) is 4.79 Å². The van der Waals surface area contributed by atoms with E-state index in [1.165, 1.54) is 0 Å². The maximum Gasteiger partial charge on any atom is 0.258 e. The third kappa shape index (κ3) is 4.89. The van der Waals surface area contributed by atoms with Gasteiger partial charge in [0.1, 0.15) is 5.75 Å². The largest absolute Gasteiger partial charge is 0.484 e. The fourth-order valence-electron chi connectivity index (χ4n) is 1.62. The Bertz CT molecular complexity index is 632. The molecule has 0 fully saturated rings. The number of aromatic nitrogens is 2. The summed E-state index contributed by atoms with van der Waals surface area (Å²) in [5, 5.41) is 3.37. The van der Waals surface area contributed by atoms with E-state index in [0.717, 1.165) is 5.69 Å². The molecule has 0 aliphatic heterocycles. The molecule has 0 spiro atoms. The average Bonchev–Trinajstić information content (AvgIpc) is 2.52. The third-order valence-electron chi connectivity index (χ3n) is 2.75. The zero-order valence-electron chi connectivity index (χ0n) is 12.4. The van der Waals surface area contributed by atoms with Crippen LogP contribution in [0.3, 0.4) is 0 Å². The van der Waals surface area contributed by atoms with Gasteiger partial charge in [-0.1, -0.05) is 11.6 Å². The van der Waals surface area contributed by atoms with Crippen molar-refractivity contribution in [2.45, 2.75) is 6.54 Å². The van der Waals surface area contributed by atoms with E-state index in [-0.39, 0.29) is 12.5 Å². The Balaban J connectivity index is 1.80. The molecule has 0 radical (unpaired) electrons. The number of halogens is 1. The summed E-state index contributed by atoms with van der Waals surface area (Å²) in [6.07, 6.45) is 1.66. The smallest absolute Gasteiger partial charge is 0.258 e. The number of hydrogen-bond acceptors (Lipinski definition) is 5. The maximum absolute atomic E-state index is 11.8. The summed E-state index contributed by atoms with van der Waals surface area (Å²) < 4.78 is 5.36. The van der Waals surface area contributed by atoms with Crippen LogP contribution in [0, 0.1) is 0 Å². The molecule has 2 aromatic rings. The Labute approximate surface area is 134 Å². The van der Waals surface area contributed by atoms with Gasteiger partial charge in [-0.15, -0.1) is 0 Å². The van der Waals surface area contributed by atoms with Crippen molar-refractivity contribution in [2.75, 3.05) is 25.6 Å². The molecule has 0 unspecified atom stereocenters. The summed E-state index contributed by atoms with van der Waals surface area (Å²) in [5.74, 6) is 0.973. The van der Waals surface area contributed by atoms with Gasteiger partial charge < -0.3 is 15.0 Å². The van der Waals surface area contributed by atoms with Crippen LogP contribution >= 0.6 is 11.6 Å². The molecular formula is C15H17ClN4O2. The van der Waals surface area contributed by atoms with E-state index in [1.807, 2.05) is 14.1 Å². The lowest BCUT2D eigenvalue weighted by molar-refractivity contribution is -0.123. The van der Waals surface area contributed by atoms with Gasteiger partial charge in [0.05, 0.1) is 12.2 Å². The van der Waals surface area contributed by atoms with Gasteiger partial charge in [0.15, 0.2) is 6.61 Å². The summed E-state index contributed by atoms with van der Waals surface area (Å²) in [4.78, 5) is 22.0. The van der Waals surface area contributed by atoms with Crippen molar-refractivity contribution >= 4 is 23.5 Å². The van der Waals surface area contributed by atoms with Crippen LogP contribution in [0.4, 0.5) is 5.95 Å². The highest BCUT2D eigenvalue weighted by Gasteiger charge is 2.05. The van der Waals surface area contributed by atoms with Crippen LogP contribution in [-0.4, -0.2) is 36.6 Å². The molecule has 1 aromatic carbocycles. The van der Waals surface area contributed by atoms with Crippen molar-refractivity contribution < 1.29 is 9.53 Å². The Morgan fingerprint density at radius 1 is 1.27 bits per heavy atom. The number of rotatable bonds is 6. The van der Waals surface area contributed by atoms with Gasteiger partial charge in [-0.05, 0) is 30.3 Å². The number of amides is 1. The normalized spacial score (nSPS) is 10.1. The molecule has 0 aliphatic rings. The van der Waals surface area contributed by atoms with Gasteiger partial charge in [-0.3, -0.25) is 4.79 Å². The van der Waals surface area contributed by atoms with Crippen molar-refractivity contribution in [1.29, 1.82) is 0 Å². The quantitative estimate of drug-likeness (QED) is 0.880. The molecule has 1 N–H and O–H groups in total.